The maximum absolute atomic E-state index is 14.8. The summed E-state index contributed by atoms with van der Waals surface area (Å²) in [4.78, 5) is 151. The smallest absolute Gasteiger partial charge is 0.303 e. The minimum atomic E-state index is -1.67. The summed E-state index contributed by atoms with van der Waals surface area (Å²) in [7, 11) is 0. The highest BCUT2D eigenvalue weighted by Crippen LogP contribution is 2.26. The van der Waals surface area contributed by atoms with Gasteiger partial charge in [-0.25, -0.2) is 4.85 Å². The predicted molar refractivity (Wildman–Crippen MR) is 287 cm³/mol. The van der Waals surface area contributed by atoms with E-state index in [2.05, 4.69) is 51.7 Å². The Bertz CT molecular complexity index is 2730. The number of aromatic nitrogens is 1. The Hall–Kier alpha value is -8.89. The topological polar surface area (TPSA) is 438 Å². The number of carbonyl (C=O) groups is 10. The number of benzene rings is 2. The van der Waals surface area contributed by atoms with Crippen LogP contribution in [0.15, 0.2) is 64.7 Å². The summed E-state index contributed by atoms with van der Waals surface area (Å²) in [6, 6.07) is 6.22. The van der Waals surface area contributed by atoms with Crippen molar-refractivity contribution in [2.45, 2.75) is 127 Å². The van der Waals surface area contributed by atoms with Crippen LogP contribution in [0.2, 0.25) is 0 Å². The molecule has 18 N–H and O–H groups in total. The molecule has 0 bridgehead atoms. The second kappa shape index (κ2) is 31.2. The summed E-state index contributed by atoms with van der Waals surface area (Å²) in [6.07, 6.45) is -0.917. The second-order valence-corrected chi connectivity index (χ2v) is 19.0. The number of primary amides is 1. The number of rotatable bonds is 19. The van der Waals surface area contributed by atoms with E-state index >= 15 is 0 Å². The quantitative estimate of drug-likeness (QED) is 0.0304. The lowest BCUT2D eigenvalue weighted by Crippen LogP contribution is -2.58. The molecule has 0 radical (unpaired) electrons. The molecule has 0 aliphatic carbocycles. The number of aliphatic carboxylic acids is 1. The van der Waals surface area contributed by atoms with Gasteiger partial charge in [0.15, 0.2) is 23.4 Å². The molecular weight excluding hydrogens is 1010 g/mol. The number of carbonyl (C=O) groups excluding carboxylic acids is 9. The Morgan fingerprint density at radius 3 is 2.10 bits per heavy atom. The molecular formula is C52H71N15O11. The first-order valence-electron chi connectivity index (χ1n) is 25.6. The number of aromatic amines is 1. The minimum Gasteiger partial charge on any atom is -0.481 e. The Morgan fingerprint density at radius 2 is 1.45 bits per heavy atom. The molecule has 26 heteroatoms. The number of H-pyrrole nitrogens is 1. The summed E-state index contributed by atoms with van der Waals surface area (Å²) in [5.74, 6) is -10.9. The van der Waals surface area contributed by atoms with E-state index in [0.717, 1.165) is 10.9 Å². The molecule has 7 atom stereocenters. The molecule has 26 nitrogen and oxygen atoms in total. The van der Waals surface area contributed by atoms with Crippen molar-refractivity contribution in [1.82, 2.24) is 36.9 Å². The van der Waals surface area contributed by atoms with Crippen LogP contribution in [0.25, 0.3) is 15.7 Å². The fraction of sp³-hybridized carbons (Fsp3) is 0.481. The van der Waals surface area contributed by atoms with Crippen LogP contribution < -0.4 is 60.6 Å². The number of hydrogen-bond donors (Lipinski definition) is 13. The van der Waals surface area contributed by atoms with E-state index < -0.39 is 139 Å². The molecule has 4 rings (SSSR count). The van der Waals surface area contributed by atoms with Gasteiger partial charge < -0.3 is 70.7 Å². The van der Waals surface area contributed by atoms with Crippen LogP contribution >= 0.6 is 0 Å². The number of nitrogens with zero attached hydrogens (tertiary/aromatic N) is 3. The highest BCUT2D eigenvalue weighted by molar-refractivity contribution is 5.98. The number of nitrogens with two attached hydrogens (primary N) is 5. The molecule has 1 aliphatic heterocycles. The fourth-order valence-corrected chi connectivity index (χ4v) is 8.84. The van der Waals surface area contributed by atoms with Gasteiger partial charge in [0.1, 0.15) is 30.0 Å². The summed E-state index contributed by atoms with van der Waals surface area (Å²) < 4.78 is 0. The van der Waals surface area contributed by atoms with Crippen molar-refractivity contribution in [1.29, 1.82) is 0 Å². The van der Waals surface area contributed by atoms with E-state index in [-0.39, 0.29) is 88.6 Å². The monoisotopic (exact) mass is 1080 g/mol. The fourth-order valence-electron chi connectivity index (χ4n) is 8.84. The zero-order valence-corrected chi connectivity index (χ0v) is 43.5. The summed E-state index contributed by atoms with van der Waals surface area (Å²) >= 11 is 0. The van der Waals surface area contributed by atoms with Crippen LogP contribution in [0.4, 0.5) is 5.69 Å². The first-order chi connectivity index (χ1) is 37.1. The normalized spacial score (nSPS) is 20.8. The average Bonchev–Trinajstić information content (AvgIpc) is 3.82. The van der Waals surface area contributed by atoms with Gasteiger partial charge in [0.25, 0.3) is 0 Å². The lowest BCUT2D eigenvalue weighted by molar-refractivity contribution is -0.138. The Balaban J connectivity index is 1.81. The molecule has 420 valence electrons. The number of carboxylic acid groups (broad SMARTS) is 1. The number of para-hydroxylation sites is 1. The molecule has 3 aromatic rings. The van der Waals surface area contributed by atoms with Crippen molar-refractivity contribution >= 4 is 87.4 Å². The number of ketones is 2. The van der Waals surface area contributed by atoms with E-state index in [1.54, 1.807) is 18.3 Å². The van der Waals surface area contributed by atoms with Crippen molar-refractivity contribution in [3.05, 3.63) is 77.3 Å². The van der Waals surface area contributed by atoms with Gasteiger partial charge in [-0.15, -0.1) is 0 Å². The van der Waals surface area contributed by atoms with E-state index in [0.29, 0.717) is 11.1 Å². The van der Waals surface area contributed by atoms with Gasteiger partial charge in [-0.1, -0.05) is 42.5 Å². The number of Topliss-reactive ketones (excluding diaryl/α,β-unsaturated/α-hetero) is 2. The van der Waals surface area contributed by atoms with Gasteiger partial charge in [-0.3, -0.25) is 57.9 Å². The maximum Gasteiger partial charge on any atom is 0.303 e. The number of hydrogen-bond acceptors (Lipinski definition) is 12. The Labute approximate surface area is 450 Å². The first-order valence-corrected chi connectivity index (χ1v) is 25.6. The third-order valence-electron chi connectivity index (χ3n) is 12.9. The van der Waals surface area contributed by atoms with Crippen LogP contribution in [0.1, 0.15) is 95.1 Å². The van der Waals surface area contributed by atoms with Crippen molar-refractivity contribution in [2.75, 3.05) is 19.6 Å². The molecule has 0 spiro atoms. The van der Waals surface area contributed by atoms with Crippen LogP contribution in [0.3, 0.4) is 0 Å². The van der Waals surface area contributed by atoms with Crippen molar-refractivity contribution in [3.63, 3.8) is 0 Å². The molecule has 1 aliphatic rings. The summed E-state index contributed by atoms with van der Waals surface area (Å²) in [5, 5.41) is 26.1. The molecule has 7 amide bonds. The zero-order valence-electron chi connectivity index (χ0n) is 43.5. The standard InChI is InChI=1S/C52H71N15O11/c1-29(68)63-38(12-7-23-61-52(56)57)48(76)65-39-17-19-44(71)59-21-6-11-37(46(53)74)64-47(75)32(25-33-28-62-36-10-4-3-9-35(33)36)27-42(69)31(8-5-22-60-51(54)55)26-43(70)41(24-30-13-15-34(58-2)16-14-30)67-50(78)40(66-49(39)77)18-20-45(72)73/h3-4,9-10,13-16,28,31-32,37-41,62H,5-8,11-12,17-27H2,1H3,(H2,53,74)(H,59,71)(H,63,68)(H,64,75)(H,65,76)(H,66,77)(H,67,78)(H,72,73)(H4,54,55,60)(H4,56,57,61)/t31-,32-,37+,38+,39+,40+,41-/m1/s1. The lowest BCUT2D eigenvalue weighted by atomic mass is 9.83. The van der Waals surface area contributed by atoms with Crippen LogP contribution in [-0.2, 0) is 60.8 Å². The van der Waals surface area contributed by atoms with Crippen LogP contribution in [0, 0.1) is 18.4 Å². The van der Waals surface area contributed by atoms with Gasteiger partial charge in [-0.05, 0) is 81.4 Å². The molecule has 78 heavy (non-hydrogen) atoms. The summed E-state index contributed by atoms with van der Waals surface area (Å²) in [5.41, 5.74) is 30.0. The highest BCUT2D eigenvalue weighted by Gasteiger charge is 2.35. The average molecular weight is 1080 g/mol. The second-order valence-electron chi connectivity index (χ2n) is 19.0. The van der Waals surface area contributed by atoms with E-state index in [1.165, 1.54) is 19.1 Å². The zero-order chi connectivity index (χ0) is 57.3. The Kier molecular flexibility index (Phi) is 24.7. The molecule has 1 aromatic heterocycles. The molecule has 1 fully saturated rings. The SMILES string of the molecule is [C-]#[N+]c1ccc(C[C@H]2NC(=O)[C@H](CCC(=O)O)NC(=O)[C@@H](NC(=O)[C@H](CCCN=C(N)N)NC(C)=O)CCC(=O)NCCC[C@@H](C(N)=O)NC(=O)[C@H](Cc3c[nH]c4ccccc34)CC(=O)[C@H](CCCN=C(N)N)CC2=O)cc1. The number of nitrogens with one attached hydrogen (secondary N) is 7. The van der Waals surface area contributed by atoms with Gasteiger partial charge in [0, 0.05) is 81.2 Å². The third-order valence-corrected chi connectivity index (χ3v) is 12.9. The van der Waals surface area contributed by atoms with Gasteiger partial charge >= 0.3 is 5.97 Å². The Morgan fingerprint density at radius 1 is 0.782 bits per heavy atom. The van der Waals surface area contributed by atoms with Gasteiger partial charge in [0.2, 0.25) is 41.4 Å². The van der Waals surface area contributed by atoms with Crippen LogP contribution in [-0.4, -0.2) is 131 Å². The largest absolute Gasteiger partial charge is 0.481 e. The van der Waals surface area contributed by atoms with E-state index in [9.17, 15) is 53.1 Å². The number of guanidine groups is 2. The number of fused-ring (bicyclic) bond motifs is 1. The van der Waals surface area contributed by atoms with Crippen molar-refractivity contribution < 1.29 is 53.1 Å². The highest BCUT2D eigenvalue weighted by atomic mass is 16.4. The number of aliphatic imine (C=N–C) groups is 2. The van der Waals surface area contributed by atoms with Gasteiger partial charge in [-0.2, -0.15) is 0 Å². The summed E-state index contributed by atoms with van der Waals surface area (Å²) in [6.45, 7) is 8.68. The lowest BCUT2D eigenvalue weighted by Gasteiger charge is -2.27. The minimum absolute atomic E-state index is 0.00307. The third kappa shape index (κ3) is 21.0. The molecule has 2 heterocycles. The number of amides is 7. The van der Waals surface area contributed by atoms with Crippen molar-refractivity contribution in [3.8, 4) is 0 Å². The molecule has 1 saturated heterocycles. The molecule has 0 saturated carbocycles. The predicted octanol–water partition coefficient (Wildman–Crippen LogP) is -0.754. The maximum atomic E-state index is 14.8. The van der Waals surface area contributed by atoms with Crippen LogP contribution in [0.5, 0.6) is 0 Å². The number of carboxylic acids is 1. The first kappa shape index (κ1) is 61.7. The van der Waals surface area contributed by atoms with Crippen molar-refractivity contribution in [2.24, 2.45) is 50.5 Å². The van der Waals surface area contributed by atoms with E-state index in [1.807, 2.05) is 24.3 Å². The molecule has 0 unspecified atom stereocenters. The van der Waals surface area contributed by atoms with E-state index in [4.69, 9.17) is 35.2 Å². The van der Waals surface area contributed by atoms with Gasteiger partial charge in [0.05, 0.1) is 12.6 Å². The molecule has 2 aromatic carbocycles.